The number of carbonyl (C=O) groups excluding carboxylic acids is 1. The third-order valence-electron chi connectivity index (χ3n) is 4.16. The maximum Gasteiger partial charge on any atom is 0.269 e. The van der Waals surface area contributed by atoms with Gasteiger partial charge in [0.25, 0.3) is 11.2 Å². The number of carbonyl (C=O) groups is 1. The number of nitrogens with zero attached hydrogens (tertiary/aromatic N) is 3. The van der Waals surface area contributed by atoms with Crippen molar-refractivity contribution in [2.75, 3.05) is 6.54 Å². The maximum absolute atomic E-state index is 13.1. The molecule has 0 fully saturated rings. The van der Waals surface area contributed by atoms with E-state index in [1.807, 2.05) is 0 Å². The fraction of sp³-hybridized carbons (Fsp3) is 0.0952. The molecule has 0 radical (unpaired) electrons. The summed E-state index contributed by atoms with van der Waals surface area (Å²) < 4.78 is 14.3. The van der Waals surface area contributed by atoms with Crippen LogP contribution in [0.1, 0.15) is 5.56 Å². The Bertz CT molecular complexity index is 1140. The van der Waals surface area contributed by atoms with Crippen molar-refractivity contribution in [1.82, 2.24) is 15.1 Å². The Morgan fingerprint density at radius 1 is 1.10 bits per heavy atom. The van der Waals surface area contributed by atoms with Gasteiger partial charge in [-0.3, -0.25) is 19.7 Å². The lowest BCUT2D eigenvalue weighted by molar-refractivity contribution is -0.384. The average Bonchev–Trinajstić information content (AvgIpc) is 2.74. The second-order valence-corrected chi connectivity index (χ2v) is 6.26. The van der Waals surface area contributed by atoms with Crippen LogP contribution in [-0.4, -0.2) is 27.2 Å². The molecule has 1 aromatic heterocycles. The molecule has 0 spiro atoms. The minimum atomic E-state index is -0.499. The van der Waals surface area contributed by atoms with Gasteiger partial charge < -0.3 is 5.32 Å². The Labute approximate surface area is 170 Å². The summed E-state index contributed by atoms with van der Waals surface area (Å²) in [6.07, 6.45) is 2.82. The van der Waals surface area contributed by atoms with Crippen LogP contribution >= 0.6 is 0 Å². The summed E-state index contributed by atoms with van der Waals surface area (Å²) in [6, 6.07) is 14.4. The summed E-state index contributed by atoms with van der Waals surface area (Å²) >= 11 is 0. The van der Waals surface area contributed by atoms with E-state index in [9.17, 15) is 24.1 Å². The summed E-state index contributed by atoms with van der Waals surface area (Å²) in [6.45, 7) is 0.328. The lowest BCUT2D eigenvalue weighted by atomic mass is 10.1. The van der Waals surface area contributed by atoms with Crippen molar-refractivity contribution in [1.29, 1.82) is 0 Å². The zero-order valence-electron chi connectivity index (χ0n) is 15.7. The van der Waals surface area contributed by atoms with Gasteiger partial charge in [-0.15, -0.1) is 0 Å². The van der Waals surface area contributed by atoms with Gasteiger partial charge in [0.15, 0.2) is 0 Å². The molecule has 9 heteroatoms. The Balaban J connectivity index is 1.57. The quantitative estimate of drug-likeness (QED) is 0.368. The fourth-order valence-corrected chi connectivity index (χ4v) is 2.61. The van der Waals surface area contributed by atoms with Crippen molar-refractivity contribution in [3.05, 3.63) is 98.6 Å². The molecule has 0 aliphatic rings. The van der Waals surface area contributed by atoms with E-state index in [0.29, 0.717) is 16.8 Å². The van der Waals surface area contributed by atoms with Crippen LogP contribution in [0.4, 0.5) is 10.1 Å². The molecule has 3 aromatic rings. The number of benzene rings is 2. The van der Waals surface area contributed by atoms with Crippen molar-refractivity contribution >= 4 is 17.7 Å². The third-order valence-corrected chi connectivity index (χ3v) is 4.16. The first-order valence-electron chi connectivity index (χ1n) is 8.97. The van der Waals surface area contributed by atoms with Crippen LogP contribution in [-0.2, 0) is 11.3 Å². The monoisotopic (exact) mass is 408 g/mol. The lowest BCUT2D eigenvalue weighted by Gasteiger charge is -2.07. The first kappa shape index (κ1) is 20.6. The van der Waals surface area contributed by atoms with Gasteiger partial charge in [-0.25, -0.2) is 9.07 Å². The molecule has 0 unspecified atom stereocenters. The minimum Gasteiger partial charge on any atom is -0.351 e. The van der Waals surface area contributed by atoms with E-state index in [2.05, 4.69) is 10.4 Å². The molecule has 1 heterocycles. The van der Waals surface area contributed by atoms with Gasteiger partial charge >= 0.3 is 0 Å². The summed E-state index contributed by atoms with van der Waals surface area (Å²) in [5.41, 5.74) is 1.47. The predicted octanol–water partition coefficient (Wildman–Crippen LogP) is 2.79. The van der Waals surface area contributed by atoms with E-state index < -0.39 is 4.92 Å². The van der Waals surface area contributed by atoms with E-state index >= 15 is 0 Å². The van der Waals surface area contributed by atoms with Gasteiger partial charge in [-0.1, -0.05) is 0 Å². The Kier molecular flexibility index (Phi) is 6.43. The molecule has 152 valence electrons. The van der Waals surface area contributed by atoms with Gasteiger partial charge in [0, 0.05) is 36.4 Å². The van der Waals surface area contributed by atoms with E-state index in [1.165, 1.54) is 59.3 Å². The second kappa shape index (κ2) is 9.37. The molecular formula is C21H17FN4O4. The molecule has 0 atom stereocenters. The zero-order chi connectivity index (χ0) is 21.5. The number of nitrogens with one attached hydrogen (secondary N) is 1. The van der Waals surface area contributed by atoms with Crippen molar-refractivity contribution in [3.63, 3.8) is 0 Å². The number of nitro benzene ring substituents is 1. The maximum atomic E-state index is 13.1. The number of hydrogen-bond acceptors (Lipinski definition) is 5. The van der Waals surface area contributed by atoms with Crippen LogP contribution in [0.25, 0.3) is 17.3 Å². The molecular weight excluding hydrogens is 391 g/mol. The van der Waals surface area contributed by atoms with Crippen molar-refractivity contribution in [3.8, 4) is 11.3 Å². The Morgan fingerprint density at radius 2 is 1.80 bits per heavy atom. The third kappa shape index (κ3) is 5.44. The number of amides is 1. The molecule has 0 saturated carbocycles. The molecule has 1 amide bonds. The van der Waals surface area contributed by atoms with Crippen molar-refractivity contribution in [2.45, 2.75) is 6.54 Å². The van der Waals surface area contributed by atoms with Crippen LogP contribution in [0.5, 0.6) is 0 Å². The van der Waals surface area contributed by atoms with Crippen LogP contribution in [0, 0.1) is 15.9 Å². The fourth-order valence-electron chi connectivity index (χ4n) is 2.61. The number of aromatic nitrogens is 2. The van der Waals surface area contributed by atoms with E-state index in [0.717, 1.165) is 0 Å². The first-order valence-corrected chi connectivity index (χ1v) is 8.97. The van der Waals surface area contributed by atoms with E-state index in [4.69, 9.17) is 0 Å². The number of rotatable bonds is 7. The van der Waals surface area contributed by atoms with Gasteiger partial charge in [0.05, 0.1) is 17.2 Å². The largest absolute Gasteiger partial charge is 0.351 e. The Hall–Kier alpha value is -4.14. The van der Waals surface area contributed by atoms with Crippen molar-refractivity contribution in [2.24, 2.45) is 0 Å². The summed E-state index contributed by atoms with van der Waals surface area (Å²) in [5.74, 6) is -0.743. The number of halogens is 1. The smallest absolute Gasteiger partial charge is 0.269 e. The van der Waals surface area contributed by atoms with Crippen LogP contribution in [0.3, 0.4) is 0 Å². The van der Waals surface area contributed by atoms with Crippen LogP contribution in [0.15, 0.2) is 71.5 Å². The molecule has 0 aliphatic carbocycles. The van der Waals surface area contributed by atoms with E-state index in [1.54, 1.807) is 18.2 Å². The summed E-state index contributed by atoms with van der Waals surface area (Å²) in [7, 11) is 0. The predicted molar refractivity (Wildman–Crippen MR) is 109 cm³/mol. The molecule has 2 aromatic carbocycles. The van der Waals surface area contributed by atoms with Crippen LogP contribution < -0.4 is 10.9 Å². The molecule has 3 rings (SSSR count). The lowest BCUT2D eigenvalue weighted by Crippen LogP contribution is -2.31. The topological polar surface area (TPSA) is 107 Å². The molecule has 8 nitrogen and oxygen atoms in total. The summed E-state index contributed by atoms with van der Waals surface area (Å²) in [4.78, 5) is 34.1. The van der Waals surface area contributed by atoms with Gasteiger partial charge in [0.1, 0.15) is 5.82 Å². The molecule has 1 N–H and O–H groups in total. The highest BCUT2D eigenvalue weighted by molar-refractivity contribution is 5.91. The highest BCUT2D eigenvalue weighted by Crippen LogP contribution is 2.15. The van der Waals surface area contributed by atoms with Crippen molar-refractivity contribution < 1.29 is 14.1 Å². The summed E-state index contributed by atoms with van der Waals surface area (Å²) in [5, 5.41) is 17.5. The average molecular weight is 408 g/mol. The Morgan fingerprint density at radius 3 is 2.47 bits per heavy atom. The number of hydrogen-bond donors (Lipinski definition) is 1. The highest BCUT2D eigenvalue weighted by Gasteiger charge is 2.05. The molecule has 0 saturated heterocycles. The standard InChI is InChI=1S/C21H17FN4O4/c22-17-6-4-16(5-7-17)19-10-12-21(28)25(24-19)14-13-23-20(27)11-3-15-1-8-18(9-2-15)26(29)30/h1-12H,13-14H2,(H,23,27)/b11-3+. The second-order valence-electron chi connectivity index (χ2n) is 6.26. The van der Waals surface area contributed by atoms with E-state index in [-0.39, 0.29) is 36.1 Å². The van der Waals surface area contributed by atoms with Gasteiger partial charge in [-0.2, -0.15) is 5.10 Å². The SMILES string of the molecule is O=C(/C=C/c1ccc([N+](=O)[O-])cc1)NCCn1nc(-c2ccc(F)cc2)ccc1=O. The first-order chi connectivity index (χ1) is 14.4. The van der Waals surface area contributed by atoms with Gasteiger partial charge in [0.2, 0.25) is 5.91 Å². The molecule has 0 bridgehead atoms. The highest BCUT2D eigenvalue weighted by atomic mass is 19.1. The number of nitro groups is 1. The normalized spacial score (nSPS) is 10.8. The van der Waals surface area contributed by atoms with Gasteiger partial charge in [-0.05, 0) is 54.1 Å². The number of non-ortho nitro benzene ring substituents is 1. The minimum absolute atomic E-state index is 0.0302. The molecule has 30 heavy (non-hydrogen) atoms. The molecule has 0 aliphatic heterocycles. The van der Waals surface area contributed by atoms with Crippen LogP contribution in [0.2, 0.25) is 0 Å². The zero-order valence-corrected chi connectivity index (χ0v) is 15.7.